The van der Waals surface area contributed by atoms with E-state index in [9.17, 15) is 16.8 Å². The molecular formula is C12H20O4S4. The summed E-state index contributed by atoms with van der Waals surface area (Å²) in [6.07, 6.45) is 0. The topological polar surface area (TPSA) is 68.3 Å². The Morgan fingerprint density at radius 2 is 1.30 bits per heavy atom. The third-order valence-corrected chi connectivity index (χ3v) is 10.6. The lowest BCUT2D eigenvalue weighted by Crippen LogP contribution is -2.28. The summed E-state index contributed by atoms with van der Waals surface area (Å²) in [6.45, 7) is 9.47. The van der Waals surface area contributed by atoms with Crippen molar-refractivity contribution in [2.24, 2.45) is 0 Å². The minimum absolute atomic E-state index is 0.0103. The highest BCUT2D eigenvalue weighted by Gasteiger charge is 2.38. The zero-order valence-electron chi connectivity index (χ0n) is 12.4. The van der Waals surface area contributed by atoms with Gasteiger partial charge in [-0.15, -0.1) is 24.0 Å². The Labute approximate surface area is 130 Å². The van der Waals surface area contributed by atoms with Crippen LogP contribution in [0.2, 0.25) is 0 Å². The number of thiophene rings is 1. The van der Waals surface area contributed by atoms with E-state index in [1.807, 2.05) is 0 Å². The van der Waals surface area contributed by atoms with Gasteiger partial charge in [0.1, 0.15) is 8.42 Å². The first-order valence-electron chi connectivity index (χ1n) is 5.94. The molecule has 1 aromatic heterocycles. The highest BCUT2D eigenvalue weighted by atomic mass is 32.3. The molecule has 1 heterocycles. The third kappa shape index (κ3) is 2.93. The molecule has 0 fully saturated rings. The number of hydrogen-bond donors (Lipinski definition) is 1. The fourth-order valence-electron chi connectivity index (χ4n) is 1.25. The first-order valence-corrected chi connectivity index (χ1v) is 10.2. The second-order valence-electron chi connectivity index (χ2n) is 6.47. The molecule has 8 heteroatoms. The van der Waals surface area contributed by atoms with E-state index in [2.05, 4.69) is 12.6 Å². The smallest absolute Gasteiger partial charge is 0.193 e. The van der Waals surface area contributed by atoms with Crippen LogP contribution in [0.1, 0.15) is 41.5 Å². The predicted octanol–water partition coefficient (Wildman–Crippen LogP) is 3.18. The summed E-state index contributed by atoms with van der Waals surface area (Å²) in [5.41, 5.74) is 0. The third-order valence-electron chi connectivity index (χ3n) is 2.78. The van der Waals surface area contributed by atoms with Gasteiger partial charge in [-0.1, -0.05) is 0 Å². The highest BCUT2D eigenvalue weighted by molar-refractivity contribution is 7.97. The van der Waals surface area contributed by atoms with Gasteiger partial charge in [-0.05, 0) is 47.6 Å². The van der Waals surface area contributed by atoms with Crippen LogP contribution >= 0.6 is 24.0 Å². The fourth-order valence-corrected chi connectivity index (χ4v) is 7.39. The van der Waals surface area contributed by atoms with Crippen LogP contribution in [0.5, 0.6) is 0 Å². The van der Waals surface area contributed by atoms with E-state index in [0.717, 1.165) is 11.3 Å². The van der Waals surface area contributed by atoms with E-state index < -0.39 is 29.2 Å². The zero-order valence-corrected chi connectivity index (χ0v) is 15.7. The molecule has 0 saturated carbocycles. The van der Waals surface area contributed by atoms with Crippen molar-refractivity contribution >= 4 is 43.6 Å². The number of rotatable bonds is 2. The molecule has 0 saturated heterocycles. The van der Waals surface area contributed by atoms with Crippen LogP contribution in [0.3, 0.4) is 0 Å². The van der Waals surface area contributed by atoms with Gasteiger partial charge in [0.2, 0.25) is 0 Å². The number of thiol groups is 1. The first-order chi connectivity index (χ1) is 8.62. The Balaban J connectivity index is 3.56. The molecule has 1 aromatic rings. The molecular weight excluding hydrogens is 336 g/mol. The molecule has 0 atom stereocenters. The van der Waals surface area contributed by atoms with Crippen molar-refractivity contribution in [3.63, 3.8) is 0 Å². The molecule has 0 amide bonds. The van der Waals surface area contributed by atoms with Crippen LogP contribution in [-0.2, 0) is 19.7 Å². The first kappa shape index (κ1) is 18.0. The molecule has 116 valence electrons. The number of hydrogen-bond acceptors (Lipinski definition) is 6. The van der Waals surface area contributed by atoms with E-state index >= 15 is 0 Å². The van der Waals surface area contributed by atoms with Crippen LogP contribution in [0.4, 0.5) is 0 Å². The lowest BCUT2D eigenvalue weighted by atomic mass is 10.3. The lowest BCUT2D eigenvalue weighted by Gasteiger charge is -2.19. The van der Waals surface area contributed by atoms with Gasteiger partial charge in [0.15, 0.2) is 19.7 Å². The van der Waals surface area contributed by atoms with E-state index in [1.54, 1.807) is 41.5 Å². The van der Waals surface area contributed by atoms with Crippen molar-refractivity contribution in [1.29, 1.82) is 0 Å². The summed E-state index contributed by atoms with van der Waals surface area (Å²) < 4.78 is 47.7. The maximum Gasteiger partial charge on any atom is 0.193 e. The van der Waals surface area contributed by atoms with Gasteiger partial charge in [0, 0.05) is 4.90 Å². The van der Waals surface area contributed by atoms with Gasteiger partial charge in [-0.25, -0.2) is 16.8 Å². The van der Waals surface area contributed by atoms with Crippen molar-refractivity contribution in [2.45, 2.75) is 64.4 Å². The predicted molar refractivity (Wildman–Crippen MR) is 85.4 cm³/mol. The fraction of sp³-hybridized carbons (Fsp3) is 0.667. The molecule has 0 unspecified atom stereocenters. The minimum atomic E-state index is -3.61. The SMILES string of the molecule is CC(C)(C)S(=O)(=O)c1cc(S)c(S(=O)(=O)C(C)(C)C)s1. The molecule has 4 nitrogen and oxygen atoms in total. The Morgan fingerprint density at radius 3 is 1.65 bits per heavy atom. The lowest BCUT2D eigenvalue weighted by molar-refractivity contribution is 0.560. The van der Waals surface area contributed by atoms with Crippen LogP contribution in [-0.4, -0.2) is 26.3 Å². The maximum absolute atomic E-state index is 12.4. The van der Waals surface area contributed by atoms with Crippen molar-refractivity contribution in [2.75, 3.05) is 0 Å². The normalized spacial score (nSPS) is 14.6. The second kappa shape index (κ2) is 5.00. The van der Waals surface area contributed by atoms with E-state index in [-0.39, 0.29) is 13.3 Å². The highest BCUT2D eigenvalue weighted by Crippen LogP contribution is 2.40. The molecule has 20 heavy (non-hydrogen) atoms. The second-order valence-corrected chi connectivity index (χ2v) is 13.8. The van der Waals surface area contributed by atoms with Gasteiger partial charge in [-0.2, -0.15) is 0 Å². The monoisotopic (exact) mass is 356 g/mol. The van der Waals surface area contributed by atoms with Crippen molar-refractivity contribution in [3.8, 4) is 0 Å². The van der Waals surface area contributed by atoms with Crippen molar-refractivity contribution < 1.29 is 16.8 Å². The standard InChI is InChI=1S/C12H20O4S4/c1-11(2,3)19(13,14)9-7-8(17)10(18-9)20(15,16)12(4,5)6/h7,17H,1-6H3. The molecule has 0 aliphatic carbocycles. The van der Waals surface area contributed by atoms with Gasteiger partial charge < -0.3 is 0 Å². The molecule has 0 aliphatic rings. The molecule has 0 N–H and O–H groups in total. The average Bonchev–Trinajstić information content (AvgIpc) is 2.57. The molecule has 0 aliphatic heterocycles. The zero-order chi connectivity index (χ0) is 16.1. The van der Waals surface area contributed by atoms with Crippen LogP contribution in [0.15, 0.2) is 19.4 Å². The van der Waals surface area contributed by atoms with Gasteiger partial charge in [0.05, 0.1) is 9.49 Å². The van der Waals surface area contributed by atoms with Crippen LogP contribution < -0.4 is 0 Å². The van der Waals surface area contributed by atoms with Gasteiger partial charge in [-0.3, -0.25) is 0 Å². The Hall–Kier alpha value is -0.0500. The van der Waals surface area contributed by atoms with Crippen molar-refractivity contribution in [3.05, 3.63) is 6.07 Å². The Morgan fingerprint density at radius 1 is 0.900 bits per heavy atom. The maximum atomic E-state index is 12.4. The van der Waals surface area contributed by atoms with E-state index in [1.165, 1.54) is 6.07 Å². The van der Waals surface area contributed by atoms with Crippen LogP contribution in [0, 0.1) is 0 Å². The summed E-state index contributed by atoms with van der Waals surface area (Å²) in [5.74, 6) is 0. The average molecular weight is 357 g/mol. The minimum Gasteiger partial charge on any atom is -0.222 e. The molecule has 0 radical (unpaired) electrons. The molecule has 1 rings (SSSR count). The summed E-state index contributed by atoms with van der Waals surface area (Å²) in [6, 6.07) is 1.33. The van der Waals surface area contributed by atoms with Crippen LogP contribution in [0.25, 0.3) is 0 Å². The quantitative estimate of drug-likeness (QED) is 0.826. The molecule has 0 bridgehead atoms. The largest absolute Gasteiger partial charge is 0.222 e. The Bertz CT molecular complexity index is 710. The van der Waals surface area contributed by atoms with Gasteiger partial charge in [0.25, 0.3) is 0 Å². The number of sulfone groups is 2. The summed E-state index contributed by atoms with van der Waals surface area (Å²) in [7, 11) is -7.19. The molecule has 0 aromatic carbocycles. The summed E-state index contributed by atoms with van der Waals surface area (Å²) >= 11 is 4.91. The summed E-state index contributed by atoms with van der Waals surface area (Å²) in [4.78, 5) is 0.188. The Kier molecular flexibility index (Phi) is 4.50. The molecule has 0 spiro atoms. The van der Waals surface area contributed by atoms with E-state index in [0.29, 0.717) is 0 Å². The summed E-state index contributed by atoms with van der Waals surface area (Å²) in [5, 5.41) is 0. The van der Waals surface area contributed by atoms with Crippen molar-refractivity contribution in [1.82, 2.24) is 0 Å². The van der Waals surface area contributed by atoms with Gasteiger partial charge >= 0.3 is 0 Å². The van der Waals surface area contributed by atoms with E-state index in [4.69, 9.17) is 0 Å².